The molecule has 0 bridgehead atoms. The second-order valence-electron chi connectivity index (χ2n) is 4.79. The number of nitrogens with zero attached hydrogens (tertiary/aromatic N) is 1. The number of carbonyl (C=O) groups excluding carboxylic acids is 2. The lowest BCUT2D eigenvalue weighted by Gasteiger charge is -2.04. The molecule has 0 spiro atoms. The fourth-order valence-electron chi connectivity index (χ4n) is 1.81. The Morgan fingerprint density at radius 2 is 1.83 bits per heavy atom. The average Bonchev–Trinajstić information content (AvgIpc) is 2.54. The van der Waals surface area contributed by atoms with Crippen LogP contribution >= 0.6 is 15.9 Å². The molecular formula is C17H16BrN3O2. The van der Waals surface area contributed by atoms with Gasteiger partial charge >= 0.3 is 0 Å². The highest BCUT2D eigenvalue weighted by Gasteiger charge is 2.08. The summed E-state index contributed by atoms with van der Waals surface area (Å²) < 4.78 is 0.924. The van der Waals surface area contributed by atoms with E-state index >= 15 is 0 Å². The van der Waals surface area contributed by atoms with Crippen LogP contribution in [-0.4, -0.2) is 18.0 Å². The van der Waals surface area contributed by atoms with Crippen LogP contribution in [0.25, 0.3) is 0 Å². The number of benzene rings is 2. The topological polar surface area (TPSA) is 70.6 Å². The minimum Gasteiger partial charge on any atom is -0.352 e. The molecule has 2 amide bonds. The Labute approximate surface area is 142 Å². The SMILES string of the molecule is O=C(CC(=O)N/N=C/c1cccc(Br)c1)NCc1ccccc1. The molecule has 2 rings (SSSR count). The third-order valence-corrected chi connectivity index (χ3v) is 3.40. The summed E-state index contributed by atoms with van der Waals surface area (Å²) in [5.41, 5.74) is 4.16. The van der Waals surface area contributed by atoms with Crippen LogP contribution in [0.5, 0.6) is 0 Å². The maximum atomic E-state index is 11.7. The number of carbonyl (C=O) groups is 2. The van der Waals surface area contributed by atoms with Crippen molar-refractivity contribution in [3.8, 4) is 0 Å². The van der Waals surface area contributed by atoms with Gasteiger partial charge in [-0.2, -0.15) is 5.10 Å². The molecule has 0 aliphatic carbocycles. The molecular weight excluding hydrogens is 358 g/mol. The summed E-state index contributed by atoms with van der Waals surface area (Å²) in [7, 11) is 0. The van der Waals surface area contributed by atoms with Crippen LogP contribution in [0.2, 0.25) is 0 Å². The number of halogens is 1. The Morgan fingerprint density at radius 3 is 2.57 bits per heavy atom. The molecule has 0 radical (unpaired) electrons. The minimum absolute atomic E-state index is 0.261. The molecule has 2 aromatic carbocycles. The summed E-state index contributed by atoms with van der Waals surface area (Å²) in [4.78, 5) is 23.3. The molecule has 2 N–H and O–H groups in total. The molecule has 0 unspecified atom stereocenters. The monoisotopic (exact) mass is 373 g/mol. The second kappa shape index (κ2) is 8.85. The number of hydrogen-bond acceptors (Lipinski definition) is 3. The van der Waals surface area contributed by atoms with Crippen molar-refractivity contribution in [1.82, 2.24) is 10.7 Å². The predicted octanol–water partition coefficient (Wildman–Crippen LogP) is 2.61. The molecule has 118 valence electrons. The van der Waals surface area contributed by atoms with Crippen LogP contribution in [0.1, 0.15) is 17.5 Å². The first kappa shape index (κ1) is 16.9. The van der Waals surface area contributed by atoms with Gasteiger partial charge in [0, 0.05) is 11.0 Å². The molecule has 5 nitrogen and oxygen atoms in total. The summed E-state index contributed by atoms with van der Waals surface area (Å²) in [5.74, 6) is -0.800. The van der Waals surface area contributed by atoms with Gasteiger partial charge in [0.05, 0.1) is 6.21 Å². The van der Waals surface area contributed by atoms with Gasteiger partial charge in [0.2, 0.25) is 11.8 Å². The zero-order chi connectivity index (χ0) is 16.5. The third-order valence-electron chi connectivity index (χ3n) is 2.91. The van der Waals surface area contributed by atoms with E-state index in [4.69, 9.17) is 0 Å². The fraction of sp³-hybridized carbons (Fsp3) is 0.118. The normalized spacial score (nSPS) is 10.5. The summed E-state index contributed by atoms with van der Waals surface area (Å²) in [6.07, 6.45) is 1.26. The number of hydrogen-bond donors (Lipinski definition) is 2. The Hall–Kier alpha value is -2.47. The maximum Gasteiger partial charge on any atom is 0.249 e. The van der Waals surface area contributed by atoms with Crippen molar-refractivity contribution in [2.24, 2.45) is 5.10 Å². The van der Waals surface area contributed by atoms with Gasteiger partial charge in [-0.25, -0.2) is 5.43 Å². The molecule has 6 heteroatoms. The largest absolute Gasteiger partial charge is 0.352 e. The van der Waals surface area contributed by atoms with E-state index in [2.05, 4.69) is 31.8 Å². The Bertz CT molecular complexity index is 702. The lowest BCUT2D eigenvalue weighted by Crippen LogP contribution is -2.29. The van der Waals surface area contributed by atoms with Crippen molar-refractivity contribution >= 4 is 34.0 Å². The van der Waals surface area contributed by atoms with E-state index in [1.807, 2.05) is 54.6 Å². The summed E-state index contributed by atoms with van der Waals surface area (Å²) in [6, 6.07) is 17.0. The molecule has 0 saturated heterocycles. The molecule has 0 aliphatic heterocycles. The first-order chi connectivity index (χ1) is 11.1. The Kier molecular flexibility index (Phi) is 6.50. The van der Waals surface area contributed by atoms with E-state index in [-0.39, 0.29) is 12.3 Å². The molecule has 23 heavy (non-hydrogen) atoms. The highest BCUT2D eigenvalue weighted by atomic mass is 79.9. The van der Waals surface area contributed by atoms with Gasteiger partial charge in [-0.1, -0.05) is 58.4 Å². The summed E-state index contributed by atoms with van der Waals surface area (Å²) >= 11 is 3.35. The van der Waals surface area contributed by atoms with Gasteiger partial charge in [-0.3, -0.25) is 9.59 Å². The van der Waals surface area contributed by atoms with Crippen molar-refractivity contribution in [1.29, 1.82) is 0 Å². The lowest BCUT2D eigenvalue weighted by molar-refractivity contribution is -0.129. The van der Waals surface area contributed by atoms with Gasteiger partial charge in [0.25, 0.3) is 0 Å². The third kappa shape index (κ3) is 6.44. The van der Waals surface area contributed by atoms with Gasteiger partial charge in [-0.15, -0.1) is 0 Å². The van der Waals surface area contributed by atoms with E-state index in [1.54, 1.807) is 0 Å². The van der Waals surface area contributed by atoms with Crippen LogP contribution < -0.4 is 10.7 Å². The molecule has 0 aliphatic rings. The van der Waals surface area contributed by atoms with E-state index < -0.39 is 5.91 Å². The summed E-state index contributed by atoms with van der Waals surface area (Å²) in [6.45, 7) is 0.397. The van der Waals surface area contributed by atoms with Crippen LogP contribution in [-0.2, 0) is 16.1 Å². The van der Waals surface area contributed by atoms with Gasteiger partial charge in [0.15, 0.2) is 0 Å². The predicted molar refractivity (Wildman–Crippen MR) is 92.8 cm³/mol. The fourth-order valence-corrected chi connectivity index (χ4v) is 2.23. The van der Waals surface area contributed by atoms with E-state index in [1.165, 1.54) is 6.21 Å². The van der Waals surface area contributed by atoms with E-state index in [9.17, 15) is 9.59 Å². The quantitative estimate of drug-likeness (QED) is 0.464. The lowest BCUT2D eigenvalue weighted by atomic mass is 10.2. The van der Waals surface area contributed by atoms with Crippen LogP contribution in [0, 0.1) is 0 Å². The van der Waals surface area contributed by atoms with Crippen LogP contribution in [0.3, 0.4) is 0 Å². The molecule has 0 fully saturated rings. The standard InChI is InChI=1S/C17H16BrN3O2/c18-15-8-4-7-14(9-15)12-20-21-17(23)10-16(22)19-11-13-5-2-1-3-6-13/h1-9,12H,10-11H2,(H,19,22)(H,21,23)/b20-12+. The molecule has 0 saturated carbocycles. The van der Waals surface area contributed by atoms with E-state index in [0.29, 0.717) is 6.54 Å². The van der Waals surface area contributed by atoms with Crippen LogP contribution in [0.4, 0.5) is 0 Å². The average molecular weight is 374 g/mol. The van der Waals surface area contributed by atoms with Crippen molar-refractivity contribution in [2.45, 2.75) is 13.0 Å². The van der Waals surface area contributed by atoms with Crippen LogP contribution in [0.15, 0.2) is 64.2 Å². The molecule has 0 aromatic heterocycles. The Balaban J connectivity index is 1.72. The van der Waals surface area contributed by atoms with Crippen molar-refractivity contribution in [3.63, 3.8) is 0 Å². The smallest absolute Gasteiger partial charge is 0.249 e. The van der Waals surface area contributed by atoms with Gasteiger partial charge in [0.1, 0.15) is 6.42 Å². The Morgan fingerprint density at radius 1 is 1.04 bits per heavy atom. The molecule has 0 atom stereocenters. The van der Waals surface area contributed by atoms with Crippen molar-refractivity contribution in [3.05, 3.63) is 70.2 Å². The first-order valence-electron chi connectivity index (χ1n) is 7.01. The molecule has 0 heterocycles. The van der Waals surface area contributed by atoms with Gasteiger partial charge < -0.3 is 5.32 Å². The zero-order valence-electron chi connectivity index (χ0n) is 12.3. The zero-order valence-corrected chi connectivity index (χ0v) is 13.9. The summed E-state index contributed by atoms with van der Waals surface area (Å²) in [5, 5.41) is 6.52. The number of nitrogens with one attached hydrogen (secondary N) is 2. The van der Waals surface area contributed by atoms with Crippen molar-refractivity contribution < 1.29 is 9.59 Å². The number of amides is 2. The number of rotatable bonds is 6. The highest BCUT2D eigenvalue weighted by molar-refractivity contribution is 9.10. The van der Waals surface area contributed by atoms with Gasteiger partial charge in [-0.05, 0) is 23.3 Å². The maximum absolute atomic E-state index is 11.7. The minimum atomic E-state index is -0.457. The first-order valence-corrected chi connectivity index (χ1v) is 7.81. The molecule has 2 aromatic rings. The highest BCUT2D eigenvalue weighted by Crippen LogP contribution is 2.09. The van der Waals surface area contributed by atoms with Crippen molar-refractivity contribution in [2.75, 3.05) is 0 Å². The second-order valence-corrected chi connectivity index (χ2v) is 5.70. The van der Waals surface area contributed by atoms with E-state index in [0.717, 1.165) is 15.6 Å². The number of hydrazone groups is 1.